The highest BCUT2D eigenvalue weighted by molar-refractivity contribution is 8.03. The van der Waals surface area contributed by atoms with Gasteiger partial charge < -0.3 is 9.88 Å². The number of imidazole rings is 1. The predicted molar refractivity (Wildman–Crippen MR) is 138 cm³/mol. The van der Waals surface area contributed by atoms with Crippen LogP contribution >= 0.6 is 11.8 Å². The smallest absolute Gasteiger partial charge is 0.213 e. The van der Waals surface area contributed by atoms with E-state index in [9.17, 15) is 0 Å². The molecule has 3 aromatic carbocycles. The minimum Gasteiger partial charge on any atom is -0.338 e. The summed E-state index contributed by atoms with van der Waals surface area (Å²) in [5.41, 5.74) is 6.67. The summed E-state index contributed by atoms with van der Waals surface area (Å²) in [6, 6.07) is 27.4. The van der Waals surface area contributed by atoms with E-state index in [4.69, 9.17) is 4.98 Å². The normalized spacial score (nSPS) is 14.7. The van der Waals surface area contributed by atoms with Gasteiger partial charge in [-0.25, -0.2) is 4.98 Å². The number of anilines is 1. The Balaban J connectivity index is 1.43. The molecule has 0 aliphatic carbocycles. The summed E-state index contributed by atoms with van der Waals surface area (Å²) in [7, 11) is 4.23. The Morgan fingerprint density at radius 1 is 0.970 bits per heavy atom. The van der Waals surface area contributed by atoms with Crippen molar-refractivity contribution in [3.63, 3.8) is 0 Å². The zero-order valence-electron chi connectivity index (χ0n) is 18.5. The lowest BCUT2D eigenvalue weighted by Gasteiger charge is -2.12. The molecule has 0 atom stereocenters. The second-order valence-electron chi connectivity index (χ2n) is 8.15. The van der Waals surface area contributed by atoms with Gasteiger partial charge in [0, 0.05) is 35.7 Å². The van der Waals surface area contributed by atoms with Crippen LogP contribution in [0.5, 0.6) is 0 Å². The number of rotatable bonds is 3. The molecule has 5 aromatic rings. The van der Waals surface area contributed by atoms with Gasteiger partial charge in [-0.2, -0.15) is 4.57 Å². The fraction of sp³-hybridized carbons (Fsp3) is 0.0714. The highest BCUT2D eigenvalue weighted by Crippen LogP contribution is 2.44. The molecule has 0 saturated heterocycles. The lowest BCUT2D eigenvalue weighted by Crippen LogP contribution is -2.33. The standard InChI is InChI=1S/C28H22N4S/c1-31-19(10-9-17-27-32(2)25-15-7-8-16-26(25)33-27)18-21(20-11-3-6-14-24(20)31)28-29-22-12-4-5-13-23(22)30-28/h3-18H,1-2H3/p+1/b10-9+,27-17+. The summed E-state index contributed by atoms with van der Waals surface area (Å²) >= 11 is 1.80. The third-order valence-electron chi connectivity index (χ3n) is 6.16. The highest BCUT2D eigenvalue weighted by Gasteiger charge is 2.21. The van der Waals surface area contributed by atoms with E-state index in [1.165, 1.54) is 26.5 Å². The monoisotopic (exact) mass is 447 g/mol. The summed E-state index contributed by atoms with van der Waals surface area (Å²) in [6.45, 7) is 0. The summed E-state index contributed by atoms with van der Waals surface area (Å²) < 4.78 is 2.23. The van der Waals surface area contributed by atoms with E-state index >= 15 is 0 Å². The summed E-state index contributed by atoms with van der Waals surface area (Å²) in [6.07, 6.45) is 6.49. The topological polar surface area (TPSA) is 35.8 Å². The van der Waals surface area contributed by atoms with Gasteiger partial charge in [-0.05, 0) is 36.4 Å². The minimum absolute atomic E-state index is 0.891. The molecule has 0 spiro atoms. The van der Waals surface area contributed by atoms with Crippen molar-refractivity contribution in [2.24, 2.45) is 7.05 Å². The number of aromatic amines is 1. The Morgan fingerprint density at radius 3 is 2.64 bits per heavy atom. The molecule has 0 saturated carbocycles. The van der Waals surface area contributed by atoms with Gasteiger partial charge in [0.25, 0.3) is 0 Å². The number of benzene rings is 3. The van der Waals surface area contributed by atoms with E-state index in [2.05, 4.69) is 107 Å². The molecule has 4 nitrogen and oxygen atoms in total. The van der Waals surface area contributed by atoms with Crippen molar-refractivity contribution >= 4 is 45.5 Å². The number of aryl methyl sites for hydroxylation is 1. The average Bonchev–Trinajstić information content (AvgIpc) is 3.42. The SMILES string of the molecule is CN1/C(=C\C=C\c2cc(-c3nc4ccccc4[nH]3)c3ccccc3[n+]2C)Sc2ccccc21. The van der Waals surface area contributed by atoms with Crippen molar-refractivity contribution in [2.75, 3.05) is 11.9 Å². The van der Waals surface area contributed by atoms with Crippen LogP contribution in [-0.4, -0.2) is 17.0 Å². The third-order valence-corrected chi connectivity index (χ3v) is 7.34. The van der Waals surface area contributed by atoms with Crippen molar-refractivity contribution in [1.82, 2.24) is 9.97 Å². The van der Waals surface area contributed by atoms with Crippen LogP contribution in [0.15, 0.2) is 101 Å². The van der Waals surface area contributed by atoms with Crippen LogP contribution < -0.4 is 9.47 Å². The van der Waals surface area contributed by atoms with Crippen LogP contribution in [-0.2, 0) is 7.05 Å². The first-order valence-electron chi connectivity index (χ1n) is 10.9. The number of hydrogen-bond donors (Lipinski definition) is 1. The number of para-hydroxylation sites is 4. The van der Waals surface area contributed by atoms with Crippen LogP contribution in [0.25, 0.3) is 39.4 Å². The molecule has 0 fully saturated rings. The molecule has 0 unspecified atom stereocenters. The molecular formula is C28H23N4S+. The Kier molecular flexibility index (Phi) is 4.77. The second-order valence-corrected chi connectivity index (χ2v) is 9.22. The number of nitrogens with zero attached hydrogens (tertiary/aromatic N) is 3. The molecule has 3 heterocycles. The molecule has 0 bridgehead atoms. The summed E-state index contributed by atoms with van der Waals surface area (Å²) in [4.78, 5) is 11.9. The number of H-pyrrole nitrogens is 1. The molecule has 33 heavy (non-hydrogen) atoms. The molecule has 1 N–H and O–H groups in total. The Morgan fingerprint density at radius 2 is 1.76 bits per heavy atom. The van der Waals surface area contributed by atoms with E-state index < -0.39 is 0 Å². The summed E-state index contributed by atoms with van der Waals surface area (Å²) in [5, 5.41) is 2.39. The molecule has 5 heteroatoms. The van der Waals surface area contributed by atoms with E-state index in [0.29, 0.717) is 0 Å². The molecule has 0 radical (unpaired) electrons. The zero-order valence-corrected chi connectivity index (χ0v) is 19.3. The molecule has 160 valence electrons. The quantitative estimate of drug-likeness (QED) is 0.330. The zero-order chi connectivity index (χ0) is 22.4. The van der Waals surface area contributed by atoms with Crippen molar-refractivity contribution in [1.29, 1.82) is 0 Å². The lowest BCUT2D eigenvalue weighted by molar-refractivity contribution is -0.646. The number of pyridine rings is 1. The largest absolute Gasteiger partial charge is 0.338 e. The number of fused-ring (bicyclic) bond motifs is 3. The first-order chi connectivity index (χ1) is 16.2. The lowest BCUT2D eigenvalue weighted by atomic mass is 10.1. The van der Waals surface area contributed by atoms with E-state index in [0.717, 1.165) is 28.1 Å². The maximum Gasteiger partial charge on any atom is 0.213 e. The van der Waals surface area contributed by atoms with Gasteiger partial charge in [-0.15, -0.1) is 0 Å². The van der Waals surface area contributed by atoms with Gasteiger partial charge in [-0.3, -0.25) is 0 Å². The predicted octanol–water partition coefficient (Wildman–Crippen LogP) is 6.30. The maximum atomic E-state index is 4.87. The first kappa shape index (κ1) is 19.8. The molecule has 6 rings (SSSR count). The van der Waals surface area contributed by atoms with Gasteiger partial charge in [0.2, 0.25) is 11.2 Å². The minimum atomic E-state index is 0.891. The van der Waals surface area contributed by atoms with Gasteiger partial charge in [0.1, 0.15) is 12.9 Å². The number of hydrogen-bond acceptors (Lipinski definition) is 3. The third kappa shape index (κ3) is 3.41. The number of nitrogens with one attached hydrogen (secondary N) is 1. The van der Waals surface area contributed by atoms with Crippen molar-refractivity contribution < 1.29 is 4.57 Å². The van der Waals surface area contributed by atoms with Crippen LogP contribution in [0.4, 0.5) is 5.69 Å². The molecule has 0 amide bonds. The number of aromatic nitrogens is 3. The van der Waals surface area contributed by atoms with Crippen molar-refractivity contribution in [3.8, 4) is 11.4 Å². The number of thioether (sulfide) groups is 1. The molecule has 1 aliphatic rings. The Hall–Kier alpha value is -3.83. The number of allylic oxidation sites excluding steroid dienone is 2. The summed E-state index contributed by atoms with van der Waals surface area (Å²) in [5.74, 6) is 0.891. The van der Waals surface area contributed by atoms with Crippen molar-refractivity contribution in [2.45, 2.75) is 4.90 Å². The maximum absolute atomic E-state index is 4.87. The van der Waals surface area contributed by atoms with Gasteiger partial charge >= 0.3 is 0 Å². The highest BCUT2D eigenvalue weighted by atomic mass is 32.2. The van der Waals surface area contributed by atoms with E-state index in [-0.39, 0.29) is 0 Å². The van der Waals surface area contributed by atoms with Crippen molar-refractivity contribution in [3.05, 3.63) is 102 Å². The Bertz CT molecular complexity index is 1550. The molecule has 2 aromatic heterocycles. The van der Waals surface area contributed by atoms with Crippen LogP contribution in [0.2, 0.25) is 0 Å². The van der Waals surface area contributed by atoms with Crippen LogP contribution in [0.3, 0.4) is 0 Å². The van der Waals surface area contributed by atoms with Gasteiger partial charge in [0.05, 0.1) is 27.1 Å². The fourth-order valence-corrected chi connectivity index (χ4v) is 5.45. The fourth-order valence-electron chi connectivity index (χ4n) is 4.39. The van der Waals surface area contributed by atoms with Gasteiger partial charge in [-0.1, -0.05) is 54.2 Å². The molecule has 1 aliphatic heterocycles. The van der Waals surface area contributed by atoms with E-state index in [1.807, 2.05) is 18.2 Å². The average molecular weight is 448 g/mol. The van der Waals surface area contributed by atoms with Crippen LogP contribution in [0.1, 0.15) is 5.69 Å². The first-order valence-corrected chi connectivity index (χ1v) is 11.8. The van der Waals surface area contributed by atoms with Gasteiger partial charge in [0.15, 0.2) is 0 Å². The van der Waals surface area contributed by atoms with E-state index in [1.54, 1.807) is 11.8 Å². The van der Waals surface area contributed by atoms with Crippen LogP contribution in [0, 0.1) is 0 Å². The second kappa shape index (κ2) is 7.94. The Labute approximate surface area is 196 Å². The molecular weight excluding hydrogens is 424 g/mol.